The Balaban J connectivity index is 1.30. The van der Waals surface area contributed by atoms with E-state index >= 15 is 0 Å². The van der Waals surface area contributed by atoms with E-state index in [9.17, 15) is 14.0 Å². The second-order valence-corrected chi connectivity index (χ2v) is 9.69. The first-order chi connectivity index (χ1) is 16.9. The van der Waals surface area contributed by atoms with Gasteiger partial charge in [-0.3, -0.25) is 9.59 Å². The number of hydrogen-bond donors (Lipinski definition) is 1. The van der Waals surface area contributed by atoms with Crippen LogP contribution in [0.2, 0.25) is 0 Å². The van der Waals surface area contributed by atoms with Gasteiger partial charge in [-0.1, -0.05) is 30.3 Å². The van der Waals surface area contributed by atoms with Gasteiger partial charge in [0.1, 0.15) is 5.82 Å². The second kappa shape index (κ2) is 8.23. The molecule has 3 aromatic rings. The van der Waals surface area contributed by atoms with Gasteiger partial charge in [-0.2, -0.15) is 0 Å². The monoisotopic (exact) mass is 471 g/mol. The maximum atomic E-state index is 14.2. The zero-order valence-electron chi connectivity index (χ0n) is 19.5. The Bertz CT molecular complexity index is 1320. The fourth-order valence-corrected chi connectivity index (χ4v) is 5.29. The normalized spacial score (nSPS) is 20.1. The van der Waals surface area contributed by atoms with Gasteiger partial charge in [0, 0.05) is 73.3 Å². The predicted molar refractivity (Wildman–Crippen MR) is 130 cm³/mol. The van der Waals surface area contributed by atoms with E-state index in [1.54, 1.807) is 35.5 Å². The number of carbonyl (C=O) groups is 2. The predicted octanol–water partition coefficient (Wildman–Crippen LogP) is 3.47. The van der Waals surface area contributed by atoms with Crippen LogP contribution in [0.5, 0.6) is 0 Å². The Hall–Kier alpha value is -3.65. The molecule has 2 aliphatic heterocycles. The fourth-order valence-electron chi connectivity index (χ4n) is 5.29. The van der Waals surface area contributed by atoms with Crippen molar-refractivity contribution >= 4 is 23.3 Å². The van der Waals surface area contributed by atoms with Crippen molar-refractivity contribution in [1.29, 1.82) is 0 Å². The number of nitrogens with zero attached hydrogens (tertiary/aromatic N) is 4. The number of hydrogen-bond acceptors (Lipinski definition) is 6. The first-order valence-corrected chi connectivity index (χ1v) is 12.0. The molecule has 35 heavy (non-hydrogen) atoms. The van der Waals surface area contributed by atoms with Gasteiger partial charge in [-0.25, -0.2) is 14.4 Å². The Morgan fingerprint density at radius 1 is 1.11 bits per heavy atom. The number of fused-ring (bicyclic) bond motifs is 2. The topological polar surface area (TPSA) is 78.4 Å². The number of carbonyl (C=O) groups excluding carboxylic acids is 2. The molecule has 1 atom stereocenters. The summed E-state index contributed by atoms with van der Waals surface area (Å²) in [5.41, 5.74) is 3.95. The zero-order chi connectivity index (χ0) is 24.2. The van der Waals surface area contributed by atoms with Crippen molar-refractivity contribution in [2.45, 2.75) is 31.2 Å². The van der Waals surface area contributed by atoms with Crippen LogP contribution >= 0.6 is 0 Å². The molecular weight excluding hydrogens is 445 g/mol. The second-order valence-electron chi connectivity index (χ2n) is 9.69. The van der Waals surface area contributed by atoms with Crippen molar-refractivity contribution in [3.63, 3.8) is 0 Å². The smallest absolute Gasteiger partial charge is 0.229 e. The number of amides is 1. The number of Topliss-reactive ketones (excluding diaryl/α,β-unsaturated/α-hetero) is 1. The van der Waals surface area contributed by atoms with Crippen molar-refractivity contribution in [2.24, 2.45) is 0 Å². The molecule has 1 amide bonds. The van der Waals surface area contributed by atoms with Crippen LogP contribution in [0, 0.1) is 5.82 Å². The maximum Gasteiger partial charge on any atom is 0.229 e. The lowest BCUT2D eigenvalue weighted by molar-refractivity contribution is -0.129. The van der Waals surface area contributed by atoms with Gasteiger partial charge in [0.05, 0.1) is 6.04 Å². The van der Waals surface area contributed by atoms with Crippen molar-refractivity contribution in [2.75, 3.05) is 31.1 Å². The van der Waals surface area contributed by atoms with Crippen molar-refractivity contribution in [3.8, 4) is 11.1 Å². The molecule has 8 heteroatoms. The molecule has 7 nitrogen and oxygen atoms in total. The number of rotatable bonds is 4. The minimum Gasteiger partial charge on any atom is -0.340 e. The summed E-state index contributed by atoms with van der Waals surface area (Å²) >= 11 is 0. The van der Waals surface area contributed by atoms with Crippen LogP contribution in [0.15, 0.2) is 54.9 Å². The fraction of sp³-hybridized carbons (Fsp3) is 0.333. The summed E-state index contributed by atoms with van der Waals surface area (Å²) in [5, 5.41) is 3.26. The summed E-state index contributed by atoms with van der Waals surface area (Å²) in [5.74, 6) is 0.190. The number of benzene rings is 2. The lowest BCUT2D eigenvalue weighted by atomic mass is 9.95. The Kier molecular flexibility index (Phi) is 5.14. The molecule has 6 rings (SSSR count). The molecule has 3 heterocycles. The summed E-state index contributed by atoms with van der Waals surface area (Å²) in [7, 11) is 0. The van der Waals surface area contributed by atoms with Crippen LogP contribution in [0.4, 0.5) is 16.0 Å². The zero-order valence-corrected chi connectivity index (χ0v) is 19.5. The molecule has 1 spiro atoms. The molecule has 1 aromatic heterocycles. The highest BCUT2D eigenvalue weighted by Crippen LogP contribution is 2.57. The van der Waals surface area contributed by atoms with Crippen LogP contribution < -0.4 is 10.2 Å². The van der Waals surface area contributed by atoms with E-state index in [2.05, 4.69) is 26.3 Å². The third-order valence-electron chi connectivity index (χ3n) is 7.46. The van der Waals surface area contributed by atoms with Gasteiger partial charge in [0.2, 0.25) is 11.9 Å². The molecule has 1 saturated heterocycles. The minimum atomic E-state index is -0.424. The van der Waals surface area contributed by atoms with Gasteiger partial charge < -0.3 is 15.1 Å². The van der Waals surface area contributed by atoms with Crippen LogP contribution in [0.25, 0.3) is 11.1 Å². The van der Waals surface area contributed by atoms with Crippen molar-refractivity contribution < 1.29 is 14.0 Å². The lowest BCUT2D eigenvalue weighted by Crippen LogP contribution is -2.55. The Morgan fingerprint density at radius 2 is 1.89 bits per heavy atom. The number of aromatic nitrogens is 2. The summed E-state index contributed by atoms with van der Waals surface area (Å²) in [6, 6.07) is 12.1. The van der Waals surface area contributed by atoms with Crippen molar-refractivity contribution in [1.82, 2.24) is 20.2 Å². The number of halogens is 1. The summed E-state index contributed by atoms with van der Waals surface area (Å²) in [6.45, 7) is 3.88. The lowest BCUT2D eigenvalue weighted by Gasteiger charge is -2.32. The van der Waals surface area contributed by atoms with E-state index in [4.69, 9.17) is 0 Å². The number of anilines is 2. The molecule has 1 N–H and O–H groups in total. The standard InChI is InChI=1S/C27H26FN5O2/c1-17(34)32-11-10-29-23(15-32)25(35)18-6-7-21-24(12-18)33(16-27(21)8-9-27)26-30-13-19(14-31-26)20-4-2-3-5-22(20)28/h2-7,12-14,23,29H,8-11,15-16H2,1H3. The average Bonchev–Trinajstić information content (AvgIpc) is 3.60. The molecule has 2 fully saturated rings. The minimum absolute atomic E-state index is 0.0175. The van der Waals surface area contributed by atoms with Gasteiger partial charge >= 0.3 is 0 Å². The SMILES string of the molecule is CC(=O)N1CCNC(C(=O)c2ccc3c(c2)N(c2ncc(-c4ccccc4F)cn2)CC32CC2)C1. The highest BCUT2D eigenvalue weighted by molar-refractivity contribution is 6.02. The molecule has 2 aromatic carbocycles. The Morgan fingerprint density at radius 3 is 2.60 bits per heavy atom. The molecule has 3 aliphatic rings. The quantitative estimate of drug-likeness (QED) is 0.587. The average molecular weight is 472 g/mol. The van der Waals surface area contributed by atoms with E-state index in [1.165, 1.54) is 18.6 Å². The third kappa shape index (κ3) is 3.78. The molecule has 178 valence electrons. The Labute approximate surface area is 203 Å². The van der Waals surface area contributed by atoms with E-state index in [1.807, 2.05) is 12.1 Å². The van der Waals surface area contributed by atoms with Crippen LogP contribution in [-0.4, -0.2) is 58.8 Å². The van der Waals surface area contributed by atoms with Crippen LogP contribution in [-0.2, 0) is 10.2 Å². The highest BCUT2D eigenvalue weighted by Gasteiger charge is 2.52. The van der Waals surface area contributed by atoms with Gasteiger partial charge in [-0.15, -0.1) is 0 Å². The van der Waals surface area contributed by atoms with E-state index in [-0.39, 0.29) is 22.9 Å². The summed E-state index contributed by atoms with van der Waals surface area (Å²) in [4.78, 5) is 38.1. The number of ketones is 1. The number of piperazine rings is 1. The summed E-state index contributed by atoms with van der Waals surface area (Å²) in [6.07, 6.45) is 5.48. The van der Waals surface area contributed by atoms with E-state index < -0.39 is 6.04 Å². The third-order valence-corrected chi connectivity index (χ3v) is 7.46. The van der Waals surface area contributed by atoms with Crippen LogP contribution in [0.3, 0.4) is 0 Å². The molecule has 1 saturated carbocycles. The first kappa shape index (κ1) is 21.9. The largest absolute Gasteiger partial charge is 0.340 e. The summed E-state index contributed by atoms with van der Waals surface area (Å²) < 4.78 is 14.2. The van der Waals surface area contributed by atoms with Crippen molar-refractivity contribution in [3.05, 3.63) is 71.8 Å². The molecule has 0 bridgehead atoms. The van der Waals surface area contributed by atoms with Gasteiger partial charge in [-0.05, 0) is 30.5 Å². The van der Waals surface area contributed by atoms with Gasteiger partial charge in [0.25, 0.3) is 0 Å². The molecule has 0 radical (unpaired) electrons. The molecule has 1 unspecified atom stereocenters. The maximum absolute atomic E-state index is 14.2. The molecule has 1 aliphatic carbocycles. The van der Waals surface area contributed by atoms with Crippen LogP contribution in [0.1, 0.15) is 35.7 Å². The van der Waals surface area contributed by atoms with Gasteiger partial charge in [0.15, 0.2) is 5.78 Å². The molecular formula is C27H26FN5O2. The van der Waals surface area contributed by atoms with E-state index in [0.717, 1.165) is 25.1 Å². The highest BCUT2D eigenvalue weighted by atomic mass is 19.1. The number of nitrogens with one attached hydrogen (secondary N) is 1. The first-order valence-electron chi connectivity index (χ1n) is 12.0. The van der Waals surface area contributed by atoms with E-state index in [0.29, 0.717) is 42.3 Å².